The van der Waals surface area contributed by atoms with Crippen molar-refractivity contribution >= 4 is 34.9 Å². The first-order valence-electron chi connectivity index (χ1n) is 10.2. The Kier molecular flexibility index (Phi) is 5.45. The van der Waals surface area contributed by atoms with Crippen molar-refractivity contribution in [2.45, 2.75) is 31.9 Å². The van der Waals surface area contributed by atoms with Gasteiger partial charge in [0.1, 0.15) is 0 Å². The standard InChI is InChI=1S/C23H24ClFN2O3/c1-15-14-27(20-7-3-2-6-16(20)13-23(15,25)22(29)30)21(28)18-9-8-17(12-19(18)24)26-10-4-5-11-26/h2-3,6-9,12,15H,4-5,10-11,13-14H2,1H3,(H,29,30)/t15-,23?/m1/s1. The lowest BCUT2D eigenvalue weighted by molar-refractivity contribution is -0.154. The Hall–Kier alpha value is -2.60. The van der Waals surface area contributed by atoms with Crippen LogP contribution in [0, 0.1) is 5.92 Å². The van der Waals surface area contributed by atoms with Crippen molar-refractivity contribution in [1.29, 1.82) is 0 Å². The van der Waals surface area contributed by atoms with Gasteiger partial charge in [-0.05, 0) is 42.7 Å². The molecule has 0 bridgehead atoms. The minimum absolute atomic E-state index is 0.0527. The largest absolute Gasteiger partial charge is 0.479 e. The summed E-state index contributed by atoms with van der Waals surface area (Å²) in [7, 11) is 0. The molecule has 0 spiro atoms. The first kappa shape index (κ1) is 20.7. The average molecular weight is 431 g/mol. The Balaban J connectivity index is 1.71. The zero-order chi connectivity index (χ0) is 21.5. The maximum absolute atomic E-state index is 15.4. The highest BCUT2D eigenvalue weighted by Gasteiger charge is 2.48. The third kappa shape index (κ3) is 3.54. The van der Waals surface area contributed by atoms with Crippen LogP contribution in [0.5, 0.6) is 0 Å². The third-order valence-electron chi connectivity index (χ3n) is 6.22. The number of alkyl halides is 1. The zero-order valence-electron chi connectivity index (χ0n) is 16.8. The molecule has 1 N–H and O–H groups in total. The van der Waals surface area contributed by atoms with Crippen molar-refractivity contribution in [3.05, 3.63) is 58.6 Å². The van der Waals surface area contributed by atoms with E-state index in [2.05, 4.69) is 4.90 Å². The molecule has 1 saturated heterocycles. The lowest BCUT2D eigenvalue weighted by atomic mass is 9.86. The molecule has 5 nitrogen and oxygen atoms in total. The van der Waals surface area contributed by atoms with Crippen molar-refractivity contribution in [2.75, 3.05) is 29.4 Å². The summed E-state index contributed by atoms with van der Waals surface area (Å²) in [6.07, 6.45) is 1.98. The van der Waals surface area contributed by atoms with Crippen LogP contribution in [-0.4, -0.2) is 42.3 Å². The minimum atomic E-state index is -2.45. The highest BCUT2D eigenvalue weighted by atomic mass is 35.5. The van der Waals surface area contributed by atoms with Crippen LogP contribution in [0.3, 0.4) is 0 Å². The number of rotatable bonds is 3. The molecular formula is C23H24ClFN2O3. The highest BCUT2D eigenvalue weighted by Crippen LogP contribution is 2.38. The smallest absolute Gasteiger partial charge is 0.342 e. The van der Waals surface area contributed by atoms with Gasteiger partial charge in [-0.1, -0.05) is 36.7 Å². The second-order valence-electron chi connectivity index (χ2n) is 8.15. The van der Waals surface area contributed by atoms with Gasteiger partial charge < -0.3 is 14.9 Å². The Morgan fingerprint density at radius 3 is 2.53 bits per heavy atom. The Morgan fingerprint density at radius 1 is 1.17 bits per heavy atom. The SMILES string of the molecule is C[C@@H]1CN(C(=O)c2ccc(N3CCCC3)cc2Cl)c2ccccc2CC1(F)C(=O)O. The fourth-order valence-corrected chi connectivity index (χ4v) is 4.62. The third-order valence-corrected chi connectivity index (χ3v) is 6.54. The fourth-order valence-electron chi connectivity index (χ4n) is 4.37. The van der Waals surface area contributed by atoms with E-state index >= 15 is 4.39 Å². The number of aliphatic carboxylic acids is 1. The number of anilines is 2. The number of para-hydroxylation sites is 1. The van der Waals surface area contributed by atoms with E-state index in [1.54, 1.807) is 36.4 Å². The summed E-state index contributed by atoms with van der Waals surface area (Å²) in [6.45, 7) is 3.41. The first-order chi connectivity index (χ1) is 14.3. The van der Waals surface area contributed by atoms with Crippen LogP contribution >= 0.6 is 11.6 Å². The maximum atomic E-state index is 15.4. The topological polar surface area (TPSA) is 60.9 Å². The summed E-state index contributed by atoms with van der Waals surface area (Å²) < 4.78 is 15.4. The first-order valence-corrected chi connectivity index (χ1v) is 10.6. The fraction of sp³-hybridized carbons (Fsp3) is 0.391. The number of carboxylic acid groups (broad SMARTS) is 1. The zero-order valence-corrected chi connectivity index (χ0v) is 17.5. The molecule has 2 aliphatic heterocycles. The van der Waals surface area contributed by atoms with Gasteiger partial charge >= 0.3 is 5.97 Å². The second-order valence-corrected chi connectivity index (χ2v) is 8.56. The van der Waals surface area contributed by atoms with Crippen molar-refractivity contribution < 1.29 is 19.1 Å². The monoisotopic (exact) mass is 430 g/mol. The molecule has 4 rings (SSSR count). The molecule has 2 aliphatic rings. The van der Waals surface area contributed by atoms with E-state index in [9.17, 15) is 14.7 Å². The van der Waals surface area contributed by atoms with E-state index in [1.807, 2.05) is 6.07 Å². The van der Waals surface area contributed by atoms with Gasteiger partial charge in [-0.15, -0.1) is 0 Å². The van der Waals surface area contributed by atoms with Crippen LogP contribution in [0.15, 0.2) is 42.5 Å². The molecule has 1 fully saturated rings. The van der Waals surface area contributed by atoms with E-state index < -0.39 is 17.6 Å². The maximum Gasteiger partial charge on any atom is 0.342 e. The number of nitrogens with zero attached hydrogens (tertiary/aromatic N) is 2. The van der Waals surface area contributed by atoms with Gasteiger partial charge in [0.05, 0.1) is 10.6 Å². The average Bonchev–Trinajstić information content (AvgIpc) is 3.23. The van der Waals surface area contributed by atoms with Crippen molar-refractivity contribution in [2.24, 2.45) is 5.92 Å². The number of amides is 1. The lowest BCUT2D eigenvalue weighted by Gasteiger charge is -2.28. The van der Waals surface area contributed by atoms with E-state index in [0.717, 1.165) is 31.6 Å². The summed E-state index contributed by atoms with van der Waals surface area (Å²) in [5.74, 6) is -2.76. The summed E-state index contributed by atoms with van der Waals surface area (Å²) >= 11 is 6.49. The number of carboxylic acids is 1. The second kappa shape index (κ2) is 7.91. The van der Waals surface area contributed by atoms with E-state index in [0.29, 0.717) is 21.8 Å². The number of benzene rings is 2. The van der Waals surface area contributed by atoms with Crippen LogP contribution in [0.25, 0.3) is 0 Å². The number of carbonyl (C=O) groups is 2. The predicted octanol–water partition coefficient (Wildman–Crippen LogP) is 4.57. The van der Waals surface area contributed by atoms with Crippen molar-refractivity contribution in [3.63, 3.8) is 0 Å². The van der Waals surface area contributed by atoms with Crippen molar-refractivity contribution in [1.82, 2.24) is 0 Å². The molecule has 2 aromatic carbocycles. The number of carbonyl (C=O) groups excluding carboxylic acids is 1. The molecule has 0 radical (unpaired) electrons. The van der Waals surface area contributed by atoms with E-state index in [1.165, 1.54) is 11.8 Å². The highest BCUT2D eigenvalue weighted by molar-refractivity contribution is 6.34. The van der Waals surface area contributed by atoms with Gasteiger partial charge in [-0.2, -0.15) is 0 Å². The van der Waals surface area contributed by atoms with Gasteiger partial charge in [0.15, 0.2) is 0 Å². The predicted molar refractivity (Wildman–Crippen MR) is 115 cm³/mol. The molecule has 7 heteroatoms. The van der Waals surface area contributed by atoms with Gasteiger partial charge in [0.25, 0.3) is 5.91 Å². The molecular weight excluding hydrogens is 407 g/mol. The number of fused-ring (bicyclic) bond motifs is 1. The molecule has 1 amide bonds. The lowest BCUT2D eigenvalue weighted by Crippen LogP contribution is -2.46. The van der Waals surface area contributed by atoms with Crippen LogP contribution in [-0.2, 0) is 11.2 Å². The molecule has 2 heterocycles. The normalized spacial score (nSPS) is 23.8. The molecule has 0 aromatic heterocycles. The molecule has 2 aromatic rings. The summed E-state index contributed by atoms with van der Waals surface area (Å²) in [5, 5.41) is 9.87. The number of halogens is 2. The Bertz CT molecular complexity index is 992. The quantitative estimate of drug-likeness (QED) is 0.774. The summed E-state index contributed by atoms with van der Waals surface area (Å²) in [4.78, 5) is 28.9. The van der Waals surface area contributed by atoms with Gasteiger partial charge in [0.2, 0.25) is 5.67 Å². The molecule has 30 heavy (non-hydrogen) atoms. The van der Waals surface area contributed by atoms with Gasteiger partial charge in [-0.25, -0.2) is 9.18 Å². The molecule has 0 saturated carbocycles. The van der Waals surface area contributed by atoms with Crippen molar-refractivity contribution in [3.8, 4) is 0 Å². The van der Waals surface area contributed by atoms with Crippen LogP contribution in [0.4, 0.5) is 15.8 Å². The van der Waals surface area contributed by atoms with Gasteiger partial charge in [-0.3, -0.25) is 4.79 Å². The minimum Gasteiger partial charge on any atom is -0.479 e. The van der Waals surface area contributed by atoms with Crippen LogP contribution in [0.1, 0.15) is 35.7 Å². The van der Waals surface area contributed by atoms with Crippen LogP contribution in [0.2, 0.25) is 5.02 Å². The van der Waals surface area contributed by atoms with E-state index in [-0.39, 0.29) is 18.9 Å². The number of hydrogen-bond acceptors (Lipinski definition) is 3. The molecule has 158 valence electrons. The molecule has 0 aliphatic carbocycles. The molecule has 1 unspecified atom stereocenters. The Morgan fingerprint density at radius 2 is 1.87 bits per heavy atom. The summed E-state index contributed by atoms with van der Waals surface area (Å²) in [6, 6.07) is 12.3. The van der Waals surface area contributed by atoms with Gasteiger partial charge in [0, 0.05) is 43.3 Å². The number of hydrogen-bond donors (Lipinski definition) is 1. The summed E-state index contributed by atoms with van der Waals surface area (Å²) in [5.41, 5.74) is -0.135. The van der Waals surface area contributed by atoms with E-state index in [4.69, 9.17) is 11.6 Å². The molecule has 2 atom stereocenters. The Labute approximate surface area is 180 Å². The van der Waals surface area contributed by atoms with Crippen LogP contribution < -0.4 is 9.80 Å².